The van der Waals surface area contributed by atoms with Gasteiger partial charge in [-0.15, -0.1) is 11.8 Å². The highest BCUT2D eigenvalue weighted by atomic mass is 32.2. The van der Waals surface area contributed by atoms with E-state index in [1.54, 1.807) is 42.5 Å². The van der Waals surface area contributed by atoms with Crippen LogP contribution in [0.1, 0.15) is 15.9 Å². The number of nitrogens with zero attached hydrogens (tertiary/aromatic N) is 2. The summed E-state index contributed by atoms with van der Waals surface area (Å²) in [4.78, 5) is 22.9. The van der Waals surface area contributed by atoms with Gasteiger partial charge in [-0.2, -0.15) is 5.10 Å². The average molecular weight is 345 g/mol. The molecule has 0 saturated heterocycles. The summed E-state index contributed by atoms with van der Waals surface area (Å²) in [6.45, 7) is -0.0590. The first-order valence-electron chi connectivity index (χ1n) is 7.02. The zero-order chi connectivity index (χ0) is 17.4. The minimum atomic E-state index is -0.487. The third-order valence-electron chi connectivity index (χ3n) is 2.94. The van der Waals surface area contributed by atoms with Crippen LogP contribution >= 0.6 is 11.8 Å². The molecule has 0 radical (unpaired) electrons. The number of aliphatic hydroxyl groups excluding tert-OH is 1. The maximum absolute atomic E-state index is 11.8. The maximum Gasteiger partial charge on any atom is 0.283 e. The normalized spacial score (nSPS) is 10.7. The van der Waals surface area contributed by atoms with Crippen LogP contribution in [0.3, 0.4) is 0 Å². The van der Waals surface area contributed by atoms with E-state index in [0.717, 1.165) is 0 Å². The number of nitrogens with one attached hydrogen (secondary N) is 1. The predicted molar refractivity (Wildman–Crippen MR) is 92.4 cm³/mol. The molecule has 2 aromatic carbocycles. The van der Waals surface area contributed by atoms with Gasteiger partial charge in [-0.1, -0.05) is 24.3 Å². The number of benzene rings is 2. The van der Waals surface area contributed by atoms with Crippen LogP contribution in [0.25, 0.3) is 0 Å². The number of carbonyl (C=O) groups is 1. The molecule has 1 amide bonds. The molecule has 0 aromatic heterocycles. The van der Waals surface area contributed by atoms with Crippen LogP contribution in [-0.2, 0) is 0 Å². The Morgan fingerprint density at radius 3 is 2.71 bits per heavy atom. The smallest absolute Gasteiger partial charge is 0.283 e. The Morgan fingerprint density at radius 2 is 2.04 bits per heavy atom. The number of rotatable bonds is 7. The molecule has 24 heavy (non-hydrogen) atoms. The molecule has 0 aliphatic heterocycles. The summed E-state index contributed by atoms with van der Waals surface area (Å²) in [6, 6.07) is 13.2. The minimum absolute atomic E-state index is 0.0590. The second-order valence-corrected chi connectivity index (χ2v) is 5.76. The molecule has 0 heterocycles. The number of hydrogen-bond acceptors (Lipinski definition) is 6. The highest BCUT2D eigenvalue weighted by Gasteiger charge is 2.14. The largest absolute Gasteiger partial charge is 0.396 e. The van der Waals surface area contributed by atoms with E-state index in [1.807, 2.05) is 0 Å². The fourth-order valence-corrected chi connectivity index (χ4v) is 2.61. The summed E-state index contributed by atoms with van der Waals surface area (Å²) in [5.74, 6) is 0.0120. The van der Waals surface area contributed by atoms with Gasteiger partial charge >= 0.3 is 0 Å². The Morgan fingerprint density at radius 1 is 1.29 bits per heavy atom. The fourth-order valence-electron chi connectivity index (χ4n) is 1.85. The Hall–Kier alpha value is -2.71. The van der Waals surface area contributed by atoms with E-state index < -0.39 is 4.92 Å². The van der Waals surface area contributed by atoms with Gasteiger partial charge in [0.25, 0.3) is 11.6 Å². The van der Waals surface area contributed by atoms with Crippen LogP contribution < -0.4 is 5.43 Å². The van der Waals surface area contributed by atoms with Crippen molar-refractivity contribution >= 4 is 29.6 Å². The Bertz CT molecular complexity index is 750. The first-order chi connectivity index (χ1) is 11.6. The van der Waals surface area contributed by atoms with Gasteiger partial charge in [-0.3, -0.25) is 14.9 Å². The lowest BCUT2D eigenvalue weighted by Crippen LogP contribution is -2.17. The molecule has 0 aliphatic rings. The van der Waals surface area contributed by atoms with Gasteiger partial charge in [0, 0.05) is 22.9 Å². The maximum atomic E-state index is 11.8. The summed E-state index contributed by atoms with van der Waals surface area (Å²) >= 11 is 1.20. The fraction of sp³-hybridized carbons (Fsp3) is 0.125. The highest BCUT2D eigenvalue weighted by Crippen LogP contribution is 2.29. The zero-order valence-corrected chi connectivity index (χ0v) is 13.4. The second-order valence-electron chi connectivity index (χ2n) is 4.62. The van der Waals surface area contributed by atoms with Crippen molar-refractivity contribution in [1.29, 1.82) is 0 Å². The molecule has 2 N–H and O–H groups in total. The van der Waals surface area contributed by atoms with E-state index in [2.05, 4.69) is 10.5 Å². The molecule has 8 heteroatoms. The van der Waals surface area contributed by atoms with Crippen LogP contribution in [0.15, 0.2) is 58.5 Å². The summed E-state index contributed by atoms with van der Waals surface area (Å²) in [7, 11) is 0. The lowest BCUT2D eigenvalue weighted by atomic mass is 10.2. The molecule has 0 aliphatic carbocycles. The van der Waals surface area contributed by atoms with E-state index >= 15 is 0 Å². The average Bonchev–Trinajstić information content (AvgIpc) is 2.61. The van der Waals surface area contributed by atoms with Gasteiger partial charge in [0.1, 0.15) is 0 Å². The number of hydrogen-bond donors (Lipinski definition) is 2. The first kappa shape index (κ1) is 17.6. The molecule has 0 fully saturated rings. The van der Waals surface area contributed by atoms with E-state index in [-0.39, 0.29) is 18.2 Å². The van der Waals surface area contributed by atoms with Crippen LogP contribution in [-0.4, -0.2) is 34.5 Å². The quantitative estimate of drug-likeness (QED) is 0.347. The minimum Gasteiger partial charge on any atom is -0.396 e. The number of nitro benzene ring substituents is 1. The predicted octanol–water partition coefficient (Wildman–Crippen LogP) is 2.44. The van der Waals surface area contributed by atoms with Crippen molar-refractivity contribution < 1.29 is 14.8 Å². The van der Waals surface area contributed by atoms with Crippen molar-refractivity contribution in [1.82, 2.24) is 5.43 Å². The highest BCUT2D eigenvalue weighted by molar-refractivity contribution is 7.99. The molecule has 0 atom stereocenters. The van der Waals surface area contributed by atoms with Crippen LogP contribution in [0.2, 0.25) is 0 Å². The van der Waals surface area contributed by atoms with E-state index in [9.17, 15) is 14.9 Å². The Labute approximate surface area is 142 Å². The van der Waals surface area contributed by atoms with E-state index in [4.69, 9.17) is 5.11 Å². The van der Waals surface area contributed by atoms with Crippen molar-refractivity contribution in [2.24, 2.45) is 5.10 Å². The SMILES string of the molecule is O=C(NN=Cc1ccc(SCCO)c([N+](=O)[O-])c1)c1ccccc1. The number of amides is 1. The van der Waals surface area contributed by atoms with Crippen molar-refractivity contribution in [3.05, 3.63) is 69.8 Å². The molecule has 0 bridgehead atoms. The molecule has 2 rings (SSSR count). The van der Waals surface area contributed by atoms with E-state index in [0.29, 0.717) is 21.8 Å². The summed E-state index contributed by atoms with van der Waals surface area (Å²) in [6.07, 6.45) is 1.34. The number of carbonyl (C=O) groups excluding carboxylic acids is 1. The molecule has 0 unspecified atom stereocenters. The zero-order valence-electron chi connectivity index (χ0n) is 12.6. The van der Waals surface area contributed by atoms with Gasteiger partial charge in [0.05, 0.1) is 22.6 Å². The number of hydrazone groups is 1. The number of nitro groups is 1. The molecule has 7 nitrogen and oxygen atoms in total. The third-order valence-corrected chi connectivity index (χ3v) is 3.99. The van der Waals surface area contributed by atoms with Crippen molar-refractivity contribution in [3.8, 4) is 0 Å². The van der Waals surface area contributed by atoms with Gasteiger partial charge in [0.15, 0.2) is 0 Å². The Kier molecular flexibility index (Phi) is 6.47. The van der Waals surface area contributed by atoms with Gasteiger partial charge in [0.2, 0.25) is 0 Å². The molecular formula is C16H15N3O4S. The van der Waals surface area contributed by atoms with Crippen LogP contribution in [0, 0.1) is 10.1 Å². The summed E-state index contributed by atoms with van der Waals surface area (Å²) in [5, 5.41) is 23.8. The Balaban J connectivity index is 2.07. The second kappa shape index (κ2) is 8.80. The van der Waals surface area contributed by atoms with E-state index in [1.165, 1.54) is 24.0 Å². The summed E-state index contributed by atoms with van der Waals surface area (Å²) < 4.78 is 0. The number of thioether (sulfide) groups is 1. The van der Waals surface area contributed by atoms with Gasteiger partial charge < -0.3 is 5.11 Å². The lowest BCUT2D eigenvalue weighted by Gasteiger charge is -2.03. The van der Waals surface area contributed by atoms with Crippen molar-refractivity contribution in [2.75, 3.05) is 12.4 Å². The monoisotopic (exact) mass is 345 g/mol. The standard InChI is InChI=1S/C16H15N3O4S/c20-8-9-24-15-7-6-12(10-14(15)19(22)23)11-17-18-16(21)13-4-2-1-3-5-13/h1-7,10-11,20H,8-9H2,(H,18,21). The van der Waals surface area contributed by atoms with Crippen LogP contribution in [0.4, 0.5) is 5.69 Å². The first-order valence-corrected chi connectivity index (χ1v) is 8.01. The molecule has 2 aromatic rings. The topological polar surface area (TPSA) is 105 Å². The molecular weight excluding hydrogens is 330 g/mol. The lowest BCUT2D eigenvalue weighted by molar-refractivity contribution is -0.387. The van der Waals surface area contributed by atoms with Crippen molar-refractivity contribution in [2.45, 2.75) is 4.90 Å². The molecule has 0 saturated carbocycles. The third kappa shape index (κ3) is 4.90. The van der Waals surface area contributed by atoms with Gasteiger partial charge in [-0.05, 0) is 18.2 Å². The molecule has 0 spiro atoms. The van der Waals surface area contributed by atoms with Crippen molar-refractivity contribution in [3.63, 3.8) is 0 Å². The summed E-state index contributed by atoms with van der Waals surface area (Å²) in [5.41, 5.74) is 3.26. The van der Waals surface area contributed by atoms with Crippen LogP contribution in [0.5, 0.6) is 0 Å². The number of aliphatic hydroxyl groups is 1. The molecule has 124 valence electrons. The van der Waals surface area contributed by atoms with Gasteiger partial charge in [-0.25, -0.2) is 5.43 Å².